The third-order valence-corrected chi connectivity index (χ3v) is 7.18. The van der Waals surface area contributed by atoms with E-state index in [0.717, 1.165) is 27.9 Å². The van der Waals surface area contributed by atoms with Crippen LogP contribution in [0.5, 0.6) is 0 Å². The van der Waals surface area contributed by atoms with Gasteiger partial charge in [0.25, 0.3) is 11.8 Å². The SMILES string of the molecule is Cc1c(C)n(Cc2ccncc2)c2ncn3nc([C@H](CC(C)C)N4C(=O)c5ccccc5C4=O)nc3c12. The number of carbonyl (C=O) groups is 2. The van der Waals surface area contributed by atoms with Crippen LogP contribution >= 0.6 is 0 Å². The molecule has 0 radical (unpaired) electrons. The summed E-state index contributed by atoms with van der Waals surface area (Å²) in [6.45, 7) is 8.92. The van der Waals surface area contributed by atoms with Gasteiger partial charge < -0.3 is 4.57 Å². The van der Waals surface area contributed by atoms with Crippen molar-refractivity contribution >= 4 is 28.5 Å². The normalized spacial score (nSPS) is 14.4. The van der Waals surface area contributed by atoms with Gasteiger partial charge in [-0.15, -0.1) is 5.10 Å². The van der Waals surface area contributed by atoms with Crippen LogP contribution in [-0.4, -0.2) is 45.8 Å². The lowest BCUT2D eigenvalue weighted by atomic mass is 10.0. The Morgan fingerprint density at radius 1 is 0.919 bits per heavy atom. The van der Waals surface area contributed by atoms with Gasteiger partial charge in [0.1, 0.15) is 18.0 Å². The maximum atomic E-state index is 13.3. The van der Waals surface area contributed by atoms with Crippen molar-refractivity contribution in [3.8, 4) is 0 Å². The van der Waals surface area contributed by atoms with E-state index in [1.165, 1.54) is 4.90 Å². The van der Waals surface area contributed by atoms with E-state index in [4.69, 9.17) is 15.1 Å². The largest absolute Gasteiger partial charge is 0.325 e. The van der Waals surface area contributed by atoms with Gasteiger partial charge in [0, 0.05) is 24.6 Å². The van der Waals surface area contributed by atoms with Crippen LogP contribution in [0.15, 0.2) is 55.1 Å². The molecule has 9 heteroatoms. The molecule has 6 rings (SSSR count). The van der Waals surface area contributed by atoms with Gasteiger partial charge >= 0.3 is 0 Å². The smallest absolute Gasteiger partial charge is 0.262 e. The Kier molecular flexibility index (Phi) is 5.36. The fourth-order valence-corrected chi connectivity index (χ4v) is 5.22. The quantitative estimate of drug-likeness (QED) is 0.323. The van der Waals surface area contributed by atoms with Crippen molar-refractivity contribution in [3.63, 3.8) is 0 Å². The van der Waals surface area contributed by atoms with Crippen molar-refractivity contribution in [2.24, 2.45) is 5.92 Å². The molecular weight excluding hydrogens is 466 g/mol. The molecule has 37 heavy (non-hydrogen) atoms. The molecule has 186 valence electrons. The van der Waals surface area contributed by atoms with Gasteiger partial charge in [0.2, 0.25) is 0 Å². The number of benzene rings is 1. The van der Waals surface area contributed by atoms with Gasteiger partial charge in [-0.2, -0.15) is 0 Å². The Labute approximate surface area is 213 Å². The molecule has 1 atom stereocenters. The minimum absolute atomic E-state index is 0.212. The Bertz CT molecular complexity index is 1650. The number of aryl methyl sites for hydroxylation is 1. The molecule has 5 heterocycles. The summed E-state index contributed by atoms with van der Waals surface area (Å²) in [6.07, 6.45) is 5.78. The van der Waals surface area contributed by atoms with E-state index in [0.29, 0.717) is 35.6 Å². The van der Waals surface area contributed by atoms with Crippen molar-refractivity contribution in [1.82, 2.24) is 34.0 Å². The number of imide groups is 1. The molecule has 0 unspecified atom stereocenters. The number of aromatic nitrogens is 6. The first-order valence-corrected chi connectivity index (χ1v) is 12.4. The van der Waals surface area contributed by atoms with E-state index >= 15 is 0 Å². The molecule has 0 N–H and O–H groups in total. The van der Waals surface area contributed by atoms with E-state index in [1.54, 1.807) is 47.5 Å². The van der Waals surface area contributed by atoms with Gasteiger partial charge in [-0.1, -0.05) is 26.0 Å². The van der Waals surface area contributed by atoms with Crippen LogP contribution in [0.1, 0.15) is 69.7 Å². The monoisotopic (exact) mass is 493 g/mol. The van der Waals surface area contributed by atoms with Gasteiger partial charge in [0.05, 0.1) is 16.5 Å². The number of amides is 2. The lowest BCUT2D eigenvalue weighted by molar-refractivity contribution is 0.0555. The predicted octanol–water partition coefficient (Wildman–Crippen LogP) is 4.52. The van der Waals surface area contributed by atoms with E-state index in [9.17, 15) is 9.59 Å². The van der Waals surface area contributed by atoms with E-state index in [1.807, 2.05) is 12.1 Å². The second kappa shape index (κ2) is 8.62. The fraction of sp³-hybridized carbons (Fsp3) is 0.286. The molecule has 0 fully saturated rings. The molecule has 1 aliphatic rings. The molecule has 0 saturated carbocycles. The number of hydrogen-bond donors (Lipinski definition) is 0. The van der Waals surface area contributed by atoms with Crippen LogP contribution in [0.25, 0.3) is 16.7 Å². The van der Waals surface area contributed by atoms with E-state index in [-0.39, 0.29) is 17.7 Å². The van der Waals surface area contributed by atoms with Crippen LogP contribution in [0.3, 0.4) is 0 Å². The zero-order chi connectivity index (χ0) is 25.8. The first-order valence-electron chi connectivity index (χ1n) is 12.4. The molecule has 4 aromatic heterocycles. The summed E-state index contributed by atoms with van der Waals surface area (Å²) in [5.74, 6) is 0.0498. The number of rotatable bonds is 6. The Morgan fingerprint density at radius 2 is 1.59 bits per heavy atom. The zero-order valence-electron chi connectivity index (χ0n) is 21.2. The number of carbonyl (C=O) groups excluding carboxylic acids is 2. The molecule has 0 bridgehead atoms. The van der Waals surface area contributed by atoms with Crippen molar-refractivity contribution in [2.45, 2.75) is 46.7 Å². The molecular formula is C28H27N7O2. The van der Waals surface area contributed by atoms with Crippen molar-refractivity contribution in [2.75, 3.05) is 0 Å². The highest BCUT2D eigenvalue weighted by atomic mass is 16.2. The fourth-order valence-electron chi connectivity index (χ4n) is 5.22. The number of pyridine rings is 1. The maximum Gasteiger partial charge on any atom is 0.262 e. The lowest BCUT2D eigenvalue weighted by Gasteiger charge is -2.25. The van der Waals surface area contributed by atoms with E-state index in [2.05, 4.69) is 37.2 Å². The van der Waals surface area contributed by atoms with Crippen LogP contribution < -0.4 is 0 Å². The highest BCUT2D eigenvalue weighted by Gasteiger charge is 2.42. The lowest BCUT2D eigenvalue weighted by Crippen LogP contribution is -2.35. The minimum Gasteiger partial charge on any atom is -0.325 e. The molecule has 0 aliphatic carbocycles. The third kappa shape index (κ3) is 3.61. The number of nitrogens with zero attached hydrogens (tertiary/aromatic N) is 7. The van der Waals surface area contributed by atoms with Crippen LogP contribution in [0.2, 0.25) is 0 Å². The van der Waals surface area contributed by atoms with E-state index < -0.39 is 6.04 Å². The first-order chi connectivity index (χ1) is 17.8. The Hall–Kier alpha value is -4.40. The molecule has 2 amide bonds. The van der Waals surface area contributed by atoms with Crippen LogP contribution in [-0.2, 0) is 6.54 Å². The molecule has 1 aliphatic heterocycles. The highest BCUT2D eigenvalue weighted by molar-refractivity contribution is 6.21. The van der Waals surface area contributed by atoms with Crippen molar-refractivity contribution in [1.29, 1.82) is 0 Å². The summed E-state index contributed by atoms with van der Waals surface area (Å²) in [5, 5.41) is 5.65. The highest BCUT2D eigenvalue weighted by Crippen LogP contribution is 2.35. The second-order valence-corrected chi connectivity index (χ2v) is 10.0. The van der Waals surface area contributed by atoms with Gasteiger partial charge in [0.15, 0.2) is 11.5 Å². The molecule has 0 saturated heterocycles. The summed E-state index contributed by atoms with van der Waals surface area (Å²) in [6, 6.07) is 10.4. The summed E-state index contributed by atoms with van der Waals surface area (Å²) in [7, 11) is 0. The Morgan fingerprint density at radius 3 is 2.24 bits per heavy atom. The van der Waals surface area contributed by atoms with Crippen molar-refractivity contribution in [3.05, 3.63) is 88.9 Å². The average molecular weight is 494 g/mol. The standard InChI is InChI=1S/C28H27N7O2/c1-16(2)13-22(35-27(36)20-7-5-6-8-21(20)28(35)37)24-31-26-23-17(3)18(4)33(14-19-9-11-29-12-10-19)25(23)30-15-34(26)32-24/h5-12,15-16,22H,13-14H2,1-4H3/t22-/m0/s1. The summed E-state index contributed by atoms with van der Waals surface area (Å²) >= 11 is 0. The molecule has 5 aromatic rings. The average Bonchev–Trinajstić information content (AvgIpc) is 3.51. The topological polar surface area (TPSA) is 98.3 Å². The van der Waals surface area contributed by atoms with Crippen molar-refractivity contribution < 1.29 is 9.59 Å². The minimum atomic E-state index is -0.581. The van der Waals surface area contributed by atoms with Gasteiger partial charge in [-0.25, -0.2) is 14.5 Å². The number of fused-ring (bicyclic) bond motifs is 4. The molecule has 1 aromatic carbocycles. The number of hydrogen-bond acceptors (Lipinski definition) is 6. The summed E-state index contributed by atoms with van der Waals surface area (Å²) in [5.41, 5.74) is 5.63. The predicted molar refractivity (Wildman–Crippen MR) is 138 cm³/mol. The van der Waals surface area contributed by atoms with Crippen LogP contribution in [0.4, 0.5) is 0 Å². The van der Waals surface area contributed by atoms with Gasteiger partial charge in [-0.3, -0.25) is 19.5 Å². The second-order valence-electron chi connectivity index (χ2n) is 10.0. The summed E-state index contributed by atoms with van der Waals surface area (Å²) < 4.78 is 3.83. The third-order valence-electron chi connectivity index (χ3n) is 7.18. The van der Waals surface area contributed by atoms with Gasteiger partial charge in [-0.05, 0) is 61.6 Å². The first kappa shape index (κ1) is 23.0. The van der Waals surface area contributed by atoms with Crippen LogP contribution in [0, 0.1) is 19.8 Å². The Balaban J connectivity index is 1.48. The summed E-state index contributed by atoms with van der Waals surface area (Å²) in [4.78, 5) is 41.8. The maximum absolute atomic E-state index is 13.3. The zero-order valence-corrected chi connectivity index (χ0v) is 21.2. The molecule has 0 spiro atoms. The molecule has 9 nitrogen and oxygen atoms in total.